The second-order valence-corrected chi connectivity index (χ2v) is 7.25. The minimum absolute atomic E-state index is 0.201. The molecule has 0 unspecified atom stereocenters. The predicted molar refractivity (Wildman–Crippen MR) is 119 cm³/mol. The van der Waals surface area contributed by atoms with Gasteiger partial charge in [-0.1, -0.05) is 24.6 Å². The van der Waals surface area contributed by atoms with Gasteiger partial charge < -0.3 is 15.4 Å². The van der Waals surface area contributed by atoms with Crippen molar-refractivity contribution in [3.8, 4) is 5.88 Å². The van der Waals surface area contributed by atoms with Gasteiger partial charge in [0.2, 0.25) is 11.8 Å². The molecule has 0 radical (unpaired) electrons. The number of nitrogens with zero attached hydrogens (tertiary/aromatic N) is 3. The van der Waals surface area contributed by atoms with Gasteiger partial charge in [-0.15, -0.1) is 0 Å². The van der Waals surface area contributed by atoms with Crippen LogP contribution in [0.4, 0.5) is 23.1 Å². The van der Waals surface area contributed by atoms with Crippen LogP contribution in [0.1, 0.15) is 35.6 Å². The fourth-order valence-electron chi connectivity index (χ4n) is 2.96. The van der Waals surface area contributed by atoms with E-state index < -0.39 is 0 Å². The summed E-state index contributed by atoms with van der Waals surface area (Å²) in [5.41, 5.74) is 5.62. The third-order valence-corrected chi connectivity index (χ3v) is 4.80. The molecular weight excluding hydrogens is 378 g/mol. The number of carbonyl (C=O) groups excluding carboxylic acids is 1. The van der Waals surface area contributed by atoms with Crippen LogP contribution >= 0.6 is 0 Å². The van der Waals surface area contributed by atoms with Crippen LogP contribution in [0.3, 0.4) is 0 Å². The summed E-state index contributed by atoms with van der Waals surface area (Å²) in [6.07, 6.45) is 4.41. The van der Waals surface area contributed by atoms with Gasteiger partial charge >= 0.3 is 0 Å². The van der Waals surface area contributed by atoms with E-state index in [4.69, 9.17) is 4.74 Å². The zero-order chi connectivity index (χ0) is 21.7. The molecule has 0 saturated carbocycles. The summed E-state index contributed by atoms with van der Waals surface area (Å²) >= 11 is 0. The van der Waals surface area contributed by atoms with Crippen LogP contribution in [-0.4, -0.2) is 27.8 Å². The number of hydrogen-bond donors (Lipinski definition) is 2. The lowest BCUT2D eigenvalue weighted by molar-refractivity contribution is -0.118. The lowest BCUT2D eigenvalue weighted by Crippen LogP contribution is -2.07. The Kier molecular flexibility index (Phi) is 6.61. The second-order valence-electron chi connectivity index (χ2n) is 7.25. The Morgan fingerprint density at radius 2 is 1.77 bits per heavy atom. The molecule has 156 valence electrons. The molecule has 2 aromatic heterocycles. The van der Waals surface area contributed by atoms with E-state index in [-0.39, 0.29) is 5.78 Å². The van der Waals surface area contributed by atoms with Gasteiger partial charge in [0.05, 0.1) is 12.8 Å². The van der Waals surface area contributed by atoms with Crippen molar-refractivity contribution in [1.29, 1.82) is 0 Å². The fraction of sp³-hybridized carbons (Fsp3) is 0.304. The molecule has 0 aliphatic heterocycles. The summed E-state index contributed by atoms with van der Waals surface area (Å²) in [6, 6.07) is 7.85. The van der Waals surface area contributed by atoms with E-state index in [2.05, 4.69) is 25.6 Å². The van der Waals surface area contributed by atoms with E-state index in [1.54, 1.807) is 25.6 Å². The molecule has 0 aliphatic rings. The molecule has 0 bridgehead atoms. The van der Waals surface area contributed by atoms with Gasteiger partial charge in [0.25, 0.3) is 0 Å². The van der Waals surface area contributed by atoms with Crippen molar-refractivity contribution in [3.63, 3.8) is 0 Å². The first-order valence-electron chi connectivity index (χ1n) is 9.89. The van der Waals surface area contributed by atoms with Crippen LogP contribution in [0.2, 0.25) is 0 Å². The minimum atomic E-state index is 0.201. The summed E-state index contributed by atoms with van der Waals surface area (Å²) in [4.78, 5) is 25.3. The second kappa shape index (κ2) is 9.35. The SMILES string of the molecule is CCC(=O)Cc1cc(C)ccc1Nc1nc(Nc2cc(OC)ncc2C)ncc1C. The van der Waals surface area contributed by atoms with Crippen molar-refractivity contribution >= 4 is 28.9 Å². The number of aryl methyl sites for hydroxylation is 3. The maximum atomic E-state index is 12.0. The highest BCUT2D eigenvalue weighted by atomic mass is 16.5. The topological polar surface area (TPSA) is 89.0 Å². The quantitative estimate of drug-likeness (QED) is 0.556. The number of nitrogens with one attached hydrogen (secondary N) is 2. The highest BCUT2D eigenvalue weighted by Gasteiger charge is 2.11. The maximum absolute atomic E-state index is 12.0. The van der Waals surface area contributed by atoms with Crippen molar-refractivity contribution in [2.75, 3.05) is 17.7 Å². The summed E-state index contributed by atoms with van der Waals surface area (Å²) in [5.74, 6) is 1.85. The van der Waals surface area contributed by atoms with E-state index in [9.17, 15) is 4.79 Å². The number of rotatable bonds is 8. The molecule has 30 heavy (non-hydrogen) atoms. The molecule has 7 heteroatoms. The standard InChI is InChI=1S/C23H27N5O2/c1-6-18(29)10-17-9-14(2)7-8-19(17)26-22-16(4)13-25-23(28-22)27-20-11-21(30-5)24-12-15(20)3/h7-9,11-13H,6,10H2,1-5H3,(H2,24,25,26,27,28). The fourth-order valence-corrected chi connectivity index (χ4v) is 2.96. The Labute approximate surface area is 176 Å². The first-order valence-corrected chi connectivity index (χ1v) is 9.89. The van der Waals surface area contributed by atoms with Gasteiger partial charge in [0.1, 0.15) is 11.6 Å². The highest BCUT2D eigenvalue weighted by Crippen LogP contribution is 2.26. The van der Waals surface area contributed by atoms with E-state index in [1.807, 2.05) is 45.9 Å². The van der Waals surface area contributed by atoms with Crippen molar-refractivity contribution in [2.45, 2.75) is 40.5 Å². The van der Waals surface area contributed by atoms with Gasteiger partial charge in [-0.3, -0.25) is 4.79 Å². The molecule has 2 heterocycles. The number of benzene rings is 1. The minimum Gasteiger partial charge on any atom is -0.481 e. The van der Waals surface area contributed by atoms with Crippen LogP contribution in [0.15, 0.2) is 36.7 Å². The number of carbonyl (C=O) groups is 1. The first-order chi connectivity index (χ1) is 14.4. The van der Waals surface area contributed by atoms with Crippen LogP contribution in [0, 0.1) is 20.8 Å². The van der Waals surface area contributed by atoms with Gasteiger partial charge in [0, 0.05) is 42.6 Å². The molecule has 0 saturated heterocycles. The van der Waals surface area contributed by atoms with Crippen molar-refractivity contribution in [1.82, 2.24) is 15.0 Å². The molecule has 3 rings (SSSR count). The molecule has 0 atom stereocenters. The van der Waals surface area contributed by atoms with Crippen molar-refractivity contribution < 1.29 is 9.53 Å². The molecule has 7 nitrogen and oxygen atoms in total. The van der Waals surface area contributed by atoms with E-state index in [0.717, 1.165) is 33.6 Å². The summed E-state index contributed by atoms with van der Waals surface area (Å²) in [5, 5.41) is 6.61. The number of aromatic nitrogens is 3. The Hall–Kier alpha value is -3.48. The Morgan fingerprint density at radius 3 is 2.50 bits per heavy atom. The number of pyridine rings is 1. The normalized spacial score (nSPS) is 10.6. The van der Waals surface area contributed by atoms with Crippen LogP contribution in [-0.2, 0) is 11.2 Å². The Balaban J connectivity index is 1.89. The van der Waals surface area contributed by atoms with Gasteiger partial charge in [-0.25, -0.2) is 9.97 Å². The van der Waals surface area contributed by atoms with Crippen LogP contribution in [0.25, 0.3) is 0 Å². The van der Waals surface area contributed by atoms with Crippen molar-refractivity contribution in [3.05, 3.63) is 58.9 Å². The third kappa shape index (κ3) is 5.11. The number of hydrogen-bond acceptors (Lipinski definition) is 7. The zero-order valence-electron chi connectivity index (χ0n) is 18.0. The molecule has 1 aromatic carbocycles. The van der Waals surface area contributed by atoms with Gasteiger partial charge in [-0.2, -0.15) is 4.98 Å². The van der Waals surface area contributed by atoms with E-state index in [1.165, 1.54) is 0 Å². The Bertz CT molecular complexity index is 1070. The average Bonchev–Trinajstić information content (AvgIpc) is 2.73. The zero-order valence-corrected chi connectivity index (χ0v) is 18.0. The highest BCUT2D eigenvalue weighted by molar-refractivity contribution is 5.83. The Morgan fingerprint density at radius 1 is 1.00 bits per heavy atom. The summed E-state index contributed by atoms with van der Waals surface area (Å²) in [6.45, 7) is 7.80. The summed E-state index contributed by atoms with van der Waals surface area (Å²) < 4.78 is 5.20. The molecule has 3 aromatic rings. The smallest absolute Gasteiger partial charge is 0.229 e. The number of methoxy groups -OCH3 is 1. The molecule has 0 aliphatic carbocycles. The van der Waals surface area contributed by atoms with Crippen LogP contribution < -0.4 is 15.4 Å². The summed E-state index contributed by atoms with van der Waals surface area (Å²) in [7, 11) is 1.58. The number of Topliss-reactive ketones (excluding diaryl/α,β-unsaturated/α-hetero) is 1. The van der Waals surface area contributed by atoms with E-state index >= 15 is 0 Å². The molecular formula is C23H27N5O2. The molecule has 2 N–H and O–H groups in total. The lowest BCUT2D eigenvalue weighted by atomic mass is 10.0. The van der Waals surface area contributed by atoms with Crippen LogP contribution in [0.5, 0.6) is 5.88 Å². The first kappa shape index (κ1) is 21.2. The van der Waals surface area contributed by atoms with Gasteiger partial charge in [0.15, 0.2) is 0 Å². The largest absolute Gasteiger partial charge is 0.481 e. The van der Waals surface area contributed by atoms with Crippen molar-refractivity contribution in [2.24, 2.45) is 0 Å². The number of ketones is 1. The molecule has 0 fully saturated rings. The maximum Gasteiger partial charge on any atom is 0.229 e. The number of anilines is 4. The number of ether oxygens (including phenoxy) is 1. The monoisotopic (exact) mass is 405 g/mol. The molecule has 0 amide bonds. The van der Waals surface area contributed by atoms with Gasteiger partial charge in [-0.05, 0) is 38.0 Å². The lowest BCUT2D eigenvalue weighted by Gasteiger charge is -2.15. The third-order valence-electron chi connectivity index (χ3n) is 4.80. The predicted octanol–water partition coefficient (Wildman–Crippen LogP) is 4.81. The van der Waals surface area contributed by atoms with E-state index in [0.29, 0.717) is 30.5 Å². The average molecular weight is 406 g/mol. The molecule has 0 spiro atoms.